The Morgan fingerprint density at radius 2 is 1.18 bits per heavy atom. The predicted octanol–water partition coefficient (Wildman–Crippen LogP) is 9.24. The minimum Gasteiger partial charge on any atom is -0.309 e. The summed E-state index contributed by atoms with van der Waals surface area (Å²) in [7, 11) is 0. The number of benzene rings is 4. The van der Waals surface area contributed by atoms with E-state index in [2.05, 4.69) is 125 Å². The van der Waals surface area contributed by atoms with Crippen LogP contribution < -0.4 is 4.90 Å². The molecule has 0 aliphatic carbocycles. The number of rotatable bonds is 3. The Morgan fingerprint density at radius 3 is 1.97 bits per heavy atom. The molecule has 0 saturated carbocycles. The molecule has 3 heteroatoms. The summed E-state index contributed by atoms with van der Waals surface area (Å²) in [6.07, 6.45) is 3.73. The van der Waals surface area contributed by atoms with Gasteiger partial charge < -0.3 is 4.90 Å². The van der Waals surface area contributed by atoms with E-state index >= 15 is 0 Å². The molecule has 7 rings (SSSR count). The fourth-order valence-electron chi connectivity index (χ4n) is 5.39. The quantitative estimate of drug-likeness (QED) is 0.249. The zero-order chi connectivity index (χ0) is 25.5. The molecule has 0 amide bonds. The lowest BCUT2D eigenvalue weighted by atomic mass is 9.94. The third-order valence-corrected chi connectivity index (χ3v) is 7.17. The summed E-state index contributed by atoms with van der Waals surface area (Å²) in [5, 5.41) is 0. The summed E-state index contributed by atoms with van der Waals surface area (Å²) < 4.78 is 0. The van der Waals surface area contributed by atoms with Crippen LogP contribution in [0.1, 0.15) is 5.56 Å². The lowest BCUT2D eigenvalue weighted by molar-refractivity contribution is 1.27. The largest absolute Gasteiger partial charge is 0.309 e. The molecule has 0 unspecified atom stereocenters. The number of fused-ring (bicyclic) bond motifs is 5. The average molecular weight is 488 g/mol. The standard InChI is InChI=1S/C35H25N3/c1-24-18-20-37-33(21-24)25-9-8-10-27(22-25)38-34-15-5-4-13-30(34)28-11-2-3-12-29(28)31-17-16-26(23-35(31)38)32-14-6-7-19-36-32/h2-23H,1H3. The maximum Gasteiger partial charge on any atom is 0.0705 e. The summed E-state index contributed by atoms with van der Waals surface area (Å²) >= 11 is 0. The van der Waals surface area contributed by atoms with Gasteiger partial charge in [-0.3, -0.25) is 9.97 Å². The van der Waals surface area contributed by atoms with Gasteiger partial charge in [0.05, 0.1) is 22.8 Å². The first kappa shape index (κ1) is 22.2. The summed E-state index contributed by atoms with van der Waals surface area (Å²) in [4.78, 5) is 11.7. The van der Waals surface area contributed by atoms with Gasteiger partial charge >= 0.3 is 0 Å². The van der Waals surface area contributed by atoms with Crippen molar-refractivity contribution in [2.24, 2.45) is 0 Å². The first-order valence-corrected chi connectivity index (χ1v) is 12.8. The highest BCUT2D eigenvalue weighted by Crippen LogP contribution is 2.51. The molecule has 180 valence electrons. The van der Waals surface area contributed by atoms with Crippen LogP contribution in [0.4, 0.5) is 17.1 Å². The molecule has 0 fully saturated rings. The van der Waals surface area contributed by atoms with Crippen molar-refractivity contribution in [3.8, 4) is 44.8 Å². The molecule has 3 nitrogen and oxygen atoms in total. The number of para-hydroxylation sites is 1. The van der Waals surface area contributed by atoms with Crippen molar-refractivity contribution in [3.63, 3.8) is 0 Å². The van der Waals surface area contributed by atoms with Crippen molar-refractivity contribution in [3.05, 3.63) is 139 Å². The first-order chi connectivity index (χ1) is 18.8. The minimum atomic E-state index is 0.957. The SMILES string of the molecule is Cc1ccnc(-c2cccc(N3c4ccccc4-c4ccccc4-c4ccc(-c5ccccn5)cc43)c2)c1. The minimum absolute atomic E-state index is 0.957. The fourth-order valence-corrected chi connectivity index (χ4v) is 5.39. The molecular formula is C35H25N3. The molecule has 1 aliphatic heterocycles. The second kappa shape index (κ2) is 9.13. The molecule has 2 aromatic heterocycles. The maximum atomic E-state index is 4.66. The van der Waals surface area contributed by atoms with Crippen molar-refractivity contribution in [2.75, 3.05) is 4.90 Å². The molecule has 0 atom stereocenters. The van der Waals surface area contributed by atoms with Crippen molar-refractivity contribution in [1.82, 2.24) is 9.97 Å². The maximum absolute atomic E-state index is 4.66. The highest BCUT2D eigenvalue weighted by atomic mass is 15.1. The van der Waals surface area contributed by atoms with Gasteiger partial charge in [-0.2, -0.15) is 0 Å². The van der Waals surface area contributed by atoms with Gasteiger partial charge in [-0.05, 0) is 72.1 Å². The Balaban J connectivity index is 1.52. The highest BCUT2D eigenvalue weighted by Gasteiger charge is 2.26. The van der Waals surface area contributed by atoms with Crippen LogP contribution in [0.2, 0.25) is 0 Å². The normalized spacial score (nSPS) is 11.8. The lowest BCUT2D eigenvalue weighted by Gasteiger charge is -2.28. The van der Waals surface area contributed by atoms with Gasteiger partial charge in [0.2, 0.25) is 0 Å². The van der Waals surface area contributed by atoms with Gasteiger partial charge in [0, 0.05) is 40.3 Å². The van der Waals surface area contributed by atoms with Crippen LogP contribution in [0.25, 0.3) is 44.8 Å². The van der Waals surface area contributed by atoms with Crippen molar-refractivity contribution >= 4 is 17.1 Å². The molecule has 3 heterocycles. The fraction of sp³-hybridized carbons (Fsp3) is 0.0286. The summed E-state index contributed by atoms with van der Waals surface area (Å²) in [6, 6.07) is 43.0. The Labute approximate surface area is 222 Å². The van der Waals surface area contributed by atoms with E-state index in [1.807, 2.05) is 30.6 Å². The molecule has 38 heavy (non-hydrogen) atoms. The second-order valence-electron chi connectivity index (χ2n) is 9.61. The predicted molar refractivity (Wildman–Crippen MR) is 157 cm³/mol. The van der Waals surface area contributed by atoms with Gasteiger partial charge in [0.1, 0.15) is 0 Å². The van der Waals surface area contributed by atoms with Crippen LogP contribution in [0.3, 0.4) is 0 Å². The van der Waals surface area contributed by atoms with Crippen LogP contribution in [0.15, 0.2) is 134 Å². The van der Waals surface area contributed by atoms with Gasteiger partial charge in [0.15, 0.2) is 0 Å². The number of nitrogens with zero attached hydrogens (tertiary/aromatic N) is 3. The molecule has 0 bridgehead atoms. The zero-order valence-electron chi connectivity index (χ0n) is 21.0. The third-order valence-electron chi connectivity index (χ3n) is 7.17. The van der Waals surface area contributed by atoms with E-state index in [1.165, 1.54) is 27.8 Å². The van der Waals surface area contributed by atoms with Gasteiger partial charge in [-0.25, -0.2) is 0 Å². The Morgan fingerprint density at radius 1 is 0.474 bits per heavy atom. The number of pyridine rings is 2. The van der Waals surface area contributed by atoms with E-state index in [0.29, 0.717) is 0 Å². The second-order valence-corrected chi connectivity index (χ2v) is 9.61. The van der Waals surface area contributed by atoms with Crippen LogP contribution >= 0.6 is 0 Å². The molecule has 1 aliphatic rings. The van der Waals surface area contributed by atoms with Crippen molar-refractivity contribution in [2.45, 2.75) is 6.92 Å². The van der Waals surface area contributed by atoms with E-state index in [0.717, 1.165) is 39.6 Å². The van der Waals surface area contributed by atoms with E-state index in [-0.39, 0.29) is 0 Å². The Kier molecular flexibility index (Phi) is 5.33. The molecule has 0 N–H and O–H groups in total. The zero-order valence-corrected chi connectivity index (χ0v) is 21.0. The van der Waals surface area contributed by atoms with Crippen molar-refractivity contribution < 1.29 is 0 Å². The van der Waals surface area contributed by atoms with Gasteiger partial charge in [0.25, 0.3) is 0 Å². The molecule has 0 saturated heterocycles. The van der Waals surface area contributed by atoms with Crippen LogP contribution in [0.5, 0.6) is 0 Å². The molecule has 6 aromatic rings. The van der Waals surface area contributed by atoms with Crippen LogP contribution in [-0.4, -0.2) is 9.97 Å². The highest BCUT2D eigenvalue weighted by molar-refractivity contribution is 6.03. The smallest absolute Gasteiger partial charge is 0.0705 e. The van der Waals surface area contributed by atoms with E-state index < -0.39 is 0 Å². The van der Waals surface area contributed by atoms with E-state index in [1.54, 1.807) is 0 Å². The number of hydrogen-bond donors (Lipinski definition) is 0. The van der Waals surface area contributed by atoms with E-state index in [9.17, 15) is 0 Å². The van der Waals surface area contributed by atoms with Crippen LogP contribution in [0, 0.1) is 6.92 Å². The van der Waals surface area contributed by atoms with Gasteiger partial charge in [-0.15, -0.1) is 0 Å². The van der Waals surface area contributed by atoms with Gasteiger partial charge in [-0.1, -0.05) is 72.8 Å². The molecule has 0 radical (unpaired) electrons. The molecular weight excluding hydrogens is 462 g/mol. The third kappa shape index (κ3) is 3.77. The summed E-state index contributed by atoms with van der Waals surface area (Å²) in [6.45, 7) is 2.10. The average Bonchev–Trinajstić information content (AvgIpc) is 3.10. The first-order valence-electron chi connectivity index (χ1n) is 12.8. The summed E-state index contributed by atoms with van der Waals surface area (Å²) in [5.41, 5.74) is 13.5. The number of anilines is 3. The molecule has 4 aromatic carbocycles. The Bertz CT molecular complexity index is 1790. The lowest BCUT2D eigenvalue weighted by Crippen LogP contribution is -2.11. The monoisotopic (exact) mass is 487 g/mol. The Hall–Kier alpha value is -5.02. The summed E-state index contributed by atoms with van der Waals surface area (Å²) in [5.74, 6) is 0. The van der Waals surface area contributed by atoms with E-state index in [4.69, 9.17) is 0 Å². The topological polar surface area (TPSA) is 29.0 Å². The number of hydrogen-bond acceptors (Lipinski definition) is 3. The number of aromatic nitrogens is 2. The number of aryl methyl sites for hydroxylation is 1. The molecule has 0 spiro atoms. The van der Waals surface area contributed by atoms with Crippen LogP contribution in [-0.2, 0) is 0 Å². The van der Waals surface area contributed by atoms with Crippen molar-refractivity contribution in [1.29, 1.82) is 0 Å².